The van der Waals surface area contributed by atoms with E-state index in [0.717, 1.165) is 12.3 Å². The summed E-state index contributed by atoms with van der Waals surface area (Å²) >= 11 is 0. The van der Waals surface area contributed by atoms with Gasteiger partial charge in [0.15, 0.2) is 0 Å². The molecule has 2 rings (SSSR count). The van der Waals surface area contributed by atoms with Gasteiger partial charge in [-0.3, -0.25) is 0 Å². The number of hydrogen-bond acceptors (Lipinski definition) is 3. The molecule has 0 aromatic heterocycles. The first-order valence-corrected chi connectivity index (χ1v) is 6.87. The molecule has 0 aliphatic carbocycles. The number of carbonyl (C=O) groups is 1. The summed E-state index contributed by atoms with van der Waals surface area (Å²) in [5.41, 5.74) is 0.573. The van der Waals surface area contributed by atoms with Gasteiger partial charge in [0.05, 0.1) is 25.8 Å². The van der Waals surface area contributed by atoms with Crippen molar-refractivity contribution in [2.24, 2.45) is 0 Å². The molecule has 1 aromatic carbocycles. The van der Waals surface area contributed by atoms with Gasteiger partial charge in [0.2, 0.25) is 0 Å². The number of carbonyl (C=O) groups excluding carboxylic acids is 1. The molecule has 1 saturated heterocycles. The number of esters is 1. The molecule has 1 fully saturated rings. The van der Waals surface area contributed by atoms with Gasteiger partial charge in [0.1, 0.15) is 18.4 Å². The molecule has 4 heteroatoms. The van der Waals surface area contributed by atoms with Crippen molar-refractivity contribution in [3.05, 3.63) is 29.8 Å². The third kappa shape index (κ3) is 3.96. The van der Waals surface area contributed by atoms with Gasteiger partial charge in [0, 0.05) is 12.8 Å². The quantitative estimate of drug-likeness (QED) is 0.804. The molecule has 1 atom stereocenters. The largest absolute Gasteiger partial charge is 0.497 e. The number of hydrogen-bond donors (Lipinski definition) is 1. The highest BCUT2D eigenvalue weighted by molar-refractivity contribution is 5.89. The van der Waals surface area contributed by atoms with Gasteiger partial charge in [-0.05, 0) is 31.2 Å². The zero-order valence-electron chi connectivity index (χ0n) is 11.6. The molecule has 4 nitrogen and oxygen atoms in total. The zero-order valence-corrected chi connectivity index (χ0v) is 11.6. The maximum Gasteiger partial charge on any atom is 0.338 e. The second-order valence-corrected chi connectivity index (χ2v) is 5.11. The summed E-state index contributed by atoms with van der Waals surface area (Å²) in [6.45, 7) is 5.27. The Morgan fingerprint density at radius 1 is 1.26 bits per heavy atom. The summed E-state index contributed by atoms with van der Waals surface area (Å²) in [5.74, 6) is 0.486. The molecular formula is C15H22NO3+. The Labute approximate surface area is 114 Å². The van der Waals surface area contributed by atoms with Crippen LogP contribution < -0.4 is 9.64 Å². The highest BCUT2D eigenvalue weighted by atomic mass is 16.5. The predicted molar refractivity (Wildman–Crippen MR) is 72.7 cm³/mol. The lowest BCUT2D eigenvalue weighted by atomic mass is 10.2. The standard InChI is InChI=1S/C15H21NO3/c1-12(11-16-9-3-4-10-16)19-15(17)13-5-7-14(18-2)8-6-13/h5-8,12H,3-4,9-11H2,1-2H3/p+1/t12-/m1/s1. The van der Waals surface area contributed by atoms with E-state index in [0.29, 0.717) is 5.56 Å². The molecule has 0 amide bonds. The molecule has 104 valence electrons. The van der Waals surface area contributed by atoms with Crippen LogP contribution in [0.15, 0.2) is 24.3 Å². The van der Waals surface area contributed by atoms with E-state index >= 15 is 0 Å². The average Bonchev–Trinajstić information content (AvgIpc) is 2.91. The molecule has 1 N–H and O–H groups in total. The van der Waals surface area contributed by atoms with Crippen molar-refractivity contribution in [1.82, 2.24) is 0 Å². The van der Waals surface area contributed by atoms with Gasteiger partial charge in [-0.2, -0.15) is 0 Å². The van der Waals surface area contributed by atoms with E-state index in [1.807, 2.05) is 6.92 Å². The molecule has 0 unspecified atom stereocenters. The van der Waals surface area contributed by atoms with E-state index < -0.39 is 0 Å². The monoisotopic (exact) mass is 264 g/mol. The van der Waals surface area contributed by atoms with E-state index in [-0.39, 0.29) is 12.1 Å². The van der Waals surface area contributed by atoms with E-state index in [1.165, 1.54) is 30.8 Å². The van der Waals surface area contributed by atoms with Crippen LogP contribution in [0.2, 0.25) is 0 Å². The summed E-state index contributed by atoms with van der Waals surface area (Å²) in [6, 6.07) is 7.01. The third-order valence-electron chi connectivity index (χ3n) is 3.52. The predicted octanol–water partition coefficient (Wildman–Crippen LogP) is 0.919. The van der Waals surface area contributed by atoms with Crippen LogP contribution in [-0.4, -0.2) is 38.8 Å². The van der Waals surface area contributed by atoms with Crippen LogP contribution in [-0.2, 0) is 4.74 Å². The van der Waals surface area contributed by atoms with Crippen molar-refractivity contribution in [3.8, 4) is 5.75 Å². The minimum atomic E-state index is -0.256. The number of rotatable bonds is 5. The first-order chi connectivity index (χ1) is 9.19. The maximum absolute atomic E-state index is 12.0. The molecular weight excluding hydrogens is 242 g/mol. The molecule has 0 saturated carbocycles. The Morgan fingerprint density at radius 2 is 1.89 bits per heavy atom. The maximum atomic E-state index is 12.0. The van der Waals surface area contributed by atoms with Crippen LogP contribution in [0, 0.1) is 0 Å². The summed E-state index contributed by atoms with van der Waals surface area (Å²) < 4.78 is 10.5. The van der Waals surface area contributed by atoms with Crippen LogP contribution in [0.5, 0.6) is 5.75 Å². The van der Waals surface area contributed by atoms with Crippen molar-refractivity contribution in [1.29, 1.82) is 0 Å². The topological polar surface area (TPSA) is 40.0 Å². The molecule has 19 heavy (non-hydrogen) atoms. The molecule has 1 aliphatic heterocycles. The fraction of sp³-hybridized carbons (Fsp3) is 0.533. The Hall–Kier alpha value is -1.55. The summed E-state index contributed by atoms with van der Waals surface area (Å²) in [4.78, 5) is 13.5. The van der Waals surface area contributed by atoms with Crippen molar-refractivity contribution >= 4 is 5.97 Å². The van der Waals surface area contributed by atoms with Crippen LogP contribution in [0.25, 0.3) is 0 Å². The highest BCUT2D eigenvalue weighted by Crippen LogP contribution is 2.12. The Bertz CT molecular complexity index is 410. The van der Waals surface area contributed by atoms with Gasteiger partial charge in [-0.1, -0.05) is 0 Å². The Morgan fingerprint density at radius 3 is 2.47 bits per heavy atom. The van der Waals surface area contributed by atoms with Crippen LogP contribution in [0.1, 0.15) is 30.1 Å². The van der Waals surface area contributed by atoms with Gasteiger partial charge in [-0.25, -0.2) is 4.79 Å². The highest BCUT2D eigenvalue weighted by Gasteiger charge is 2.21. The van der Waals surface area contributed by atoms with Gasteiger partial charge in [0.25, 0.3) is 0 Å². The number of likely N-dealkylation sites (tertiary alicyclic amines) is 1. The molecule has 0 spiro atoms. The van der Waals surface area contributed by atoms with Crippen LogP contribution >= 0.6 is 0 Å². The smallest absolute Gasteiger partial charge is 0.338 e. The number of ether oxygens (including phenoxy) is 2. The number of methoxy groups -OCH3 is 1. The minimum Gasteiger partial charge on any atom is -0.497 e. The number of benzene rings is 1. The lowest BCUT2D eigenvalue weighted by Gasteiger charge is -2.18. The number of nitrogens with one attached hydrogen (secondary N) is 1. The van der Waals surface area contributed by atoms with Gasteiger partial charge in [-0.15, -0.1) is 0 Å². The molecule has 1 aromatic rings. The zero-order chi connectivity index (χ0) is 13.7. The minimum absolute atomic E-state index is 0.0392. The molecule has 1 aliphatic rings. The van der Waals surface area contributed by atoms with Crippen molar-refractivity contribution < 1.29 is 19.2 Å². The Balaban J connectivity index is 1.84. The number of quaternary nitrogens is 1. The fourth-order valence-corrected chi connectivity index (χ4v) is 2.51. The normalized spacial score (nSPS) is 17.2. The van der Waals surface area contributed by atoms with Gasteiger partial charge < -0.3 is 14.4 Å². The first kappa shape index (κ1) is 13.9. The van der Waals surface area contributed by atoms with Crippen LogP contribution in [0.3, 0.4) is 0 Å². The third-order valence-corrected chi connectivity index (χ3v) is 3.52. The van der Waals surface area contributed by atoms with Gasteiger partial charge >= 0.3 is 5.97 Å². The summed E-state index contributed by atoms with van der Waals surface area (Å²) in [5, 5.41) is 0. The first-order valence-electron chi connectivity index (χ1n) is 6.87. The second-order valence-electron chi connectivity index (χ2n) is 5.11. The molecule has 0 radical (unpaired) electrons. The molecule has 0 bridgehead atoms. The average molecular weight is 264 g/mol. The molecule has 1 heterocycles. The van der Waals surface area contributed by atoms with Crippen LogP contribution in [0.4, 0.5) is 0 Å². The summed E-state index contributed by atoms with van der Waals surface area (Å²) in [6.07, 6.45) is 2.53. The van der Waals surface area contributed by atoms with E-state index in [2.05, 4.69) is 0 Å². The van der Waals surface area contributed by atoms with Crippen molar-refractivity contribution in [2.75, 3.05) is 26.7 Å². The Kier molecular flexibility index (Phi) is 4.80. The second kappa shape index (κ2) is 6.57. The SMILES string of the molecule is COc1ccc(C(=O)O[C@H](C)C[NH+]2CCCC2)cc1. The lowest BCUT2D eigenvalue weighted by Crippen LogP contribution is -3.11. The lowest BCUT2D eigenvalue weighted by molar-refractivity contribution is -0.890. The van der Waals surface area contributed by atoms with E-state index in [9.17, 15) is 4.79 Å². The van der Waals surface area contributed by atoms with Crippen molar-refractivity contribution in [3.63, 3.8) is 0 Å². The summed E-state index contributed by atoms with van der Waals surface area (Å²) in [7, 11) is 1.61. The van der Waals surface area contributed by atoms with E-state index in [1.54, 1.807) is 31.4 Å². The van der Waals surface area contributed by atoms with Crippen molar-refractivity contribution in [2.45, 2.75) is 25.9 Å². The van der Waals surface area contributed by atoms with E-state index in [4.69, 9.17) is 9.47 Å². The fourth-order valence-electron chi connectivity index (χ4n) is 2.51.